The Morgan fingerprint density at radius 2 is 1.89 bits per heavy atom. The maximum absolute atomic E-state index is 13.2. The predicted octanol–water partition coefficient (Wildman–Crippen LogP) is 5.27. The van der Waals surface area contributed by atoms with E-state index in [0.29, 0.717) is 35.3 Å². The maximum atomic E-state index is 13.2. The molecule has 28 heavy (non-hydrogen) atoms. The summed E-state index contributed by atoms with van der Waals surface area (Å²) in [5.74, 6) is 1.96. The van der Waals surface area contributed by atoms with Crippen LogP contribution in [0, 0.1) is 0 Å². The van der Waals surface area contributed by atoms with Crippen molar-refractivity contribution in [1.29, 1.82) is 0 Å². The van der Waals surface area contributed by atoms with Crippen molar-refractivity contribution < 1.29 is 14.3 Å². The van der Waals surface area contributed by atoms with Gasteiger partial charge in [0, 0.05) is 4.47 Å². The van der Waals surface area contributed by atoms with Gasteiger partial charge in [0.05, 0.1) is 6.61 Å². The number of likely N-dealkylation sites (tertiary alicyclic amines) is 1. The molecule has 0 saturated carbocycles. The van der Waals surface area contributed by atoms with Crippen molar-refractivity contribution in [2.75, 3.05) is 26.7 Å². The number of piperidine rings is 1. The molecule has 0 unspecified atom stereocenters. The minimum absolute atomic E-state index is 0.101. The van der Waals surface area contributed by atoms with E-state index in [2.05, 4.69) is 33.9 Å². The lowest BCUT2D eigenvalue weighted by atomic mass is 9.87. The number of ether oxygens (including phenoxy) is 2. The number of ketones is 1. The van der Waals surface area contributed by atoms with Gasteiger partial charge in [0.15, 0.2) is 5.76 Å². The summed E-state index contributed by atoms with van der Waals surface area (Å²) >= 11 is 3.44. The molecule has 0 amide bonds. The second kappa shape index (κ2) is 8.10. The average molecular weight is 442 g/mol. The van der Waals surface area contributed by atoms with Gasteiger partial charge in [0.1, 0.15) is 17.1 Å². The fourth-order valence-electron chi connectivity index (χ4n) is 3.91. The predicted molar refractivity (Wildman–Crippen MR) is 114 cm³/mol. The number of rotatable bonds is 4. The number of hydrogen-bond acceptors (Lipinski definition) is 4. The lowest BCUT2D eigenvalue weighted by molar-refractivity contribution is 0.101. The van der Waals surface area contributed by atoms with Crippen LogP contribution in [0.15, 0.2) is 46.6 Å². The largest absolute Gasteiger partial charge is 0.493 e. The van der Waals surface area contributed by atoms with Crippen molar-refractivity contribution >= 4 is 27.8 Å². The normalized spacial score (nSPS) is 19.0. The number of allylic oxidation sites excluding steroid dienone is 1. The lowest BCUT2D eigenvalue weighted by Crippen LogP contribution is -2.29. The Kier molecular flexibility index (Phi) is 5.56. The molecule has 2 aromatic rings. The van der Waals surface area contributed by atoms with Crippen LogP contribution in [-0.4, -0.2) is 37.4 Å². The Bertz CT molecular complexity index is 912. The highest BCUT2D eigenvalue weighted by Gasteiger charge is 2.35. The van der Waals surface area contributed by atoms with Crippen molar-refractivity contribution in [2.45, 2.75) is 25.7 Å². The molecule has 1 saturated heterocycles. The Hall–Kier alpha value is -2.11. The number of benzene rings is 2. The number of fused-ring (bicyclic) bond motifs is 1. The fraction of sp³-hybridized carbons (Fsp3) is 0.348. The minimum Gasteiger partial charge on any atom is -0.493 e. The van der Waals surface area contributed by atoms with Crippen molar-refractivity contribution in [2.24, 2.45) is 0 Å². The Morgan fingerprint density at radius 1 is 1.18 bits per heavy atom. The third kappa shape index (κ3) is 3.74. The summed E-state index contributed by atoms with van der Waals surface area (Å²) in [7, 11) is 2.15. The van der Waals surface area contributed by atoms with Crippen LogP contribution in [-0.2, 0) is 0 Å². The highest BCUT2D eigenvalue weighted by molar-refractivity contribution is 9.10. The quantitative estimate of drug-likeness (QED) is 0.605. The molecular weight excluding hydrogens is 418 g/mol. The molecule has 146 valence electrons. The van der Waals surface area contributed by atoms with Crippen LogP contribution >= 0.6 is 15.9 Å². The summed E-state index contributed by atoms with van der Waals surface area (Å²) in [6, 6.07) is 11.8. The zero-order chi connectivity index (χ0) is 19.7. The van der Waals surface area contributed by atoms with Gasteiger partial charge >= 0.3 is 0 Å². The van der Waals surface area contributed by atoms with E-state index < -0.39 is 0 Å². The molecule has 2 heterocycles. The SMILES string of the molecule is CCOc1ccc(C2CCN(C)CC2)c2c1C(=O)/C(=C/c1ccc(Br)cc1)O2. The number of halogens is 1. The Labute approximate surface area is 174 Å². The van der Waals surface area contributed by atoms with E-state index in [1.54, 1.807) is 0 Å². The van der Waals surface area contributed by atoms with E-state index in [9.17, 15) is 4.79 Å². The number of hydrogen-bond donors (Lipinski definition) is 0. The van der Waals surface area contributed by atoms with Crippen molar-refractivity contribution in [3.8, 4) is 11.5 Å². The van der Waals surface area contributed by atoms with Gasteiger partial charge in [-0.3, -0.25) is 4.79 Å². The molecule has 4 rings (SSSR count). The van der Waals surface area contributed by atoms with Gasteiger partial charge < -0.3 is 14.4 Å². The molecule has 0 bridgehead atoms. The number of carbonyl (C=O) groups excluding carboxylic acids is 1. The standard InChI is InChI=1S/C23H24BrNO3/c1-3-27-19-9-8-18(16-10-12-25(2)13-11-16)23-21(19)22(26)20(28-23)14-15-4-6-17(24)7-5-15/h4-9,14,16H,3,10-13H2,1-2H3/b20-14-. The number of nitrogens with zero attached hydrogens (tertiary/aromatic N) is 1. The van der Waals surface area contributed by atoms with E-state index in [0.717, 1.165) is 41.5 Å². The van der Waals surface area contributed by atoms with Gasteiger partial charge in [-0.05, 0) is 81.2 Å². The van der Waals surface area contributed by atoms with Gasteiger partial charge in [-0.2, -0.15) is 0 Å². The van der Waals surface area contributed by atoms with Crippen LogP contribution in [0.2, 0.25) is 0 Å². The molecule has 4 nitrogen and oxygen atoms in total. The lowest BCUT2D eigenvalue weighted by Gasteiger charge is -2.30. The first-order valence-electron chi connectivity index (χ1n) is 9.75. The molecular formula is C23H24BrNO3. The summed E-state index contributed by atoms with van der Waals surface area (Å²) in [5, 5.41) is 0. The van der Waals surface area contributed by atoms with Gasteiger partial charge in [-0.25, -0.2) is 0 Å². The second-order valence-corrected chi connectivity index (χ2v) is 8.27. The van der Waals surface area contributed by atoms with E-state index in [-0.39, 0.29) is 5.78 Å². The molecule has 0 aromatic heterocycles. The van der Waals surface area contributed by atoms with Gasteiger partial charge in [-0.15, -0.1) is 0 Å². The molecule has 2 aliphatic rings. The minimum atomic E-state index is -0.101. The Morgan fingerprint density at radius 3 is 2.57 bits per heavy atom. The van der Waals surface area contributed by atoms with E-state index >= 15 is 0 Å². The summed E-state index contributed by atoms with van der Waals surface area (Å²) in [6.07, 6.45) is 3.95. The Balaban J connectivity index is 1.72. The average Bonchev–Trinajstić information content (AvgIpc) is 3.02. The molecule has 5 heteroatoms. The van der Waals surface area contributed by atoms with Gasteiger partial charge in [-0.1, -0.05) is 34.1 Å². The molecule has 2 aliphatic heterocycles. The third-order valence-corrected chi connectivity index (χ3v) is 5.97. The monoisotopic (exact) mass is 441 g/mol. The zero-order valence-corrected chi connectivity index (χ0v) is 17.8. The van der Waals surface area contributed by atoms with E-state index in [4.69, 9.17) is 9.47 Å². The van der Waals surface area contributed by atoms with Crippen LogP contribution in [0.1, 0.15) is 47.2 Å². The van der Waals surface area contributed by atoms with Crippen LogP contribution in [0.4, 0.5) is 0 Å². The molecule has 0 radical (unpaired) electrons. The van der Waals surface area contributed by atoms with Crippen LogP contribution in [0.25, 0.3) is 6.08 Å². The molecule has 0 atom stereocenters. The van der Waals surface area contributed by atoms with Crippen molar-refractivity contribution in [1.82, 2.24) is 4.90 Å². The first-order valence-corrected chi connectivity index (χ1v) is 10.5. The van der Waals surface area contributed by atoms with Gasteiger partial charge in [0.2, 0.25) is 5.78 Å². The third-order valence-electron chi connectivity index (χ3n) is 5.44. The maximum Gasteiger partial charge on any atom is 0.235 e. The number of Topliss-reactive ketones (excluding diaryl/α,β-unsaturated/α-hetero) is 1. The summed E-state index contributed by atoms with van der Waals surface area (Å²) in [4.78, 5) is 15.5. The summed E-state index contributed by atoms with van der Waals surface area (Å²) < 4.78 is 12.9. The first-order chi connectivity index (χ1) is 13.6. The molecule has 0 aliphatic carbocycles. The first kappa shape index (κ1) is 19.2. The summed E-state index contributed by atoms with van der Waals surface area (Å²) in [5.41, 5.74) is 2.62. The van der Waals surface area contributed by atoms with Crippen molar-refractivity contribution in [3.05, 3.63) is 63.3 Å². The molecule has 2 aromatic carbocycles. The molecule has 0 spiro atoms. The van der Waals surface area contributed by atoms with Crippen LogP contribution in [0.3, 0.4) is 0 Å². The summed E-state index contributed by atoms with van der Waals surface area (Å²) in [6.45, 7) is 4.56. The molecule has 0 N–H and O–H groups in total. The highest BCUT2D eigenvalue weighted by Crippen LogP contribution is 2.45. The number of carbonyl (C=O) groups is 1. The zero-order valence-electron chi connectivity index (χ0n) is 16.2. The van der Waals surface area contributed by atoms with Gasteiger partial charge in [0.25, 0.3) is 0 Å². The van der Waals surface area contributed by atoms with E-state index in [1.807, 2.05) is 43.3 Å². The van der Waals surface area contributed by atoms with Crippen LogP contribution < -0.4 is 9.47 Å². The second-order valence-electron chi connectivity index (χ2n) is 7.36. The van der Waals surface area contributed by atoms with Crippen molar-refractivity contribution in [3.63, 3.8) is 0 Å². The van der Waals surface area contributed by atoms with E-state index in [1.165, 1.54) is 0 Å². The molecule has 1 fully saturated rings. The fourth-order valence-corrected chi connectivity index (χ4v) is 4.17. The van der Waals surface area contributed by atoms with Crippen LogP contribution in [0.5, 0.6) is 11.5 Å². The smallest absolute Gasteiger partial charge is 0.235 e. The highest BCUT2D eigenvalue weighted by atomic mass is 79.9. The topological polar surface area (TPSA) is 38.8 Å².